The minimum Gasteiger partial charge on any atom is -0.450 e. The second-order valence-corrected chi connectivity index (χ2v) is 12.0. The highest BCUT2D eigenvalue weighted by Gasteiger charge is 2.37. The highest BCUT2D eigenvalue weighted by Crippen LogP contribution is 2.29. The van der Waals surface area contributed by atoms with Gasteiger partial charge in [-0.15, -0.1) is 0 Å². The predicted molar refractivity (Wildman–Crippen MR) is 160 cm³/mol. The SMILES string of the molecule is CN(C[C@@H](CCN1CC(N2CCOC[C@H]2CCOC(N)=O)C1)c1ccc(F)cc1)C(=O)c1cc(C#N)cc2c1CCCC2. The van der Waals surface area contributed by atoms with Gasteiger partial charge in [0.2, 0.25) is 0 Å². The van der Waals surface area contributed by atoms with E-state index in [1.807, 2.05) is 25.2 Å². The average molecular weight is 592 g/mol. The number of hydrogen-bond acceptors (Lipinski definition) is 7. The number of ether oxygens (including phenoxy) is 2. The van der Waals surface area contributed by atoms with Gasteiger partial charge in [-0.2, -0.15) is 5.26 Å². The molecule has 2 aromatic rings. The number of carbonyl (C=O) groups is 2. The summed E-state index contributed by atoms with van der Waals surface area (Å²) >= 11 is 0. The third-order valence-electron chi connectivity index (χ3n) is 9.18. The summed E-state index contributed by atoms with van der Waals surface area (Å²) in [5, 5.41) is 9.58. The largest absolute Gasteiger partial charge is 0.450 e. The molecule has 0 spiro atoms. The Morgan fingerprint density at radius 2 is 1.98 bits per heavy atom. The van der Waals surface area contributed by atoms with Crippen molar-refractivity contribution in [3.63, 3.8) is 0 Å². The second-order valence-electron chi connectivity index (χ2n) is 12.0. The Morgan fingerprint density at radius 3 is 2.72 bits per heavy atom. The lowest BCUT2D eigenvalue weighted by Gasteiger charge is -2.50. The van der Waals surface area contributed by atoms with Crippen LogP contribution in [0.1, 0.15) is 64.2 Å². The standard InChI is InChI=1S/C33H42FN5O4/c1-37(32(40)31-17-23(18-35)16-25-4-2-3-5-30(25)31)19-26(24-6-8-27(34)9-7-24)10-12-38-20-29(21-38)39-13-15-42-22-28(39)11-14-43-33(36)41/h6-9,16-17,26,28-29H,2-5,10-15,19-22H2,1H3,(H2,36,41)/t26-,28-/m1/s1. The van der Waals surface area contributed by atoms with Gasteiger partial charge in [0.1, 0.15) is 5.82 Å². The van der Waals surface area contributed by atoms with Gasteiger partial charge in [0.05, 0.1) is 31.5 Å². The van der Waals surface area contributed by atoms with Crippen molar-refractivity contribution in [3.8, 4) is 6.07 Å². The zero-order chi connectivity index (χ0) is 30.3. The molecule has 2 heterocycles. The topological polar surface area (TPSA) is 112 Å². The van der Waals surface area contributed by atoms with Crippen molar-refractivity contribution < 1.29 is 23.5 Å². The molecule has 2 amide bonds. The van der Waals surface area contributed by atoms with Crippen molar-refractivity contribution in [2.75, 3.05) is 59.6 Å². The molecule has 5 rings (SSSR count). The van der Waals surface area contributed by atoms with Crippen molar-refractivity contribution in [2.45, 2.75) is 56.5 Å². The number of nitriles is 1. The Bertz CT molecular complexity index is 1320. The van der Waals surface area contributed by atoms with Crippen molar-refractivity contribution in [2.24, 2.45) is 5.73 Å². The zero-order valence-corrected chi connectivity index (χ0v) is 25.0. The van der Waals surface area contributed by atoms with Crippen LogP contribution in [0.3, 0.4) is 0 Å². The minimum atomic E-state index is -0.754. The van der Waals surface area contributed by atoms with Crippen LogP contribution in [0.2, 0.25) is 0 Å². The molecular formula is C33H42FN5O4. The van der Waals surface area contributed by atoms with Crippen LogP contribution in [-0.4, -0.2) is 98.4 Å². The number of carbonyl (C=O) groups excluding carboxylic acids is 2. The molecule has 230 valence electrons. The zero-order valence-electron chi connectivity index (χ0n) is 25.0. The van der Waals surface area contributed by atoms with E-state index in [0.717, 1.165) is 75.0 Å². The van der Waals surface area contributed by atoms with Gasteiger partial charge in [0.25, 0.3) is 5.91 Å². The van der Waals surface area contributed by atoms with Crippen LogP contribution in [0.25, 0.3) is 0 Å². The van der Waals surface area contributed by atoms with E-state index in [4.69, 9.17) is 15.2 Å². The molecule has 2 aliphatic heterocycles. The molecule has 2 atom stereocenters. The molecule has 0 aromatic heterocycles. The molecule has 2 aromatic carbocycles. The van der Waals surface area contributed by atoms with E-state index >= 15 is 0 Å². The molecule has 1 aliphatic carbocycles. The van der Waals surface area contributed by atoms with Crippen LogP contribution in [-0.2, 0) is 22.3 Å². The number of hydrogen-bond donors (Lipinski definition) is 1. The van der Waals surface area contributed by atoms with E-state index in [9.17, 15) is 19.2 Å². The fourth-order valence-corrected chi connectivity index (χ4v) is 6.81. The maximum absolute atomic E-state index is 13.8. The first kappa shape index (κ1) is 30.9. The van der Waals surface area contributed by atoms with E-state index in [2.05, 4.69) is 15.9 Å². The van der Waals surface area contributed by atoms with Crippen LogP contribution in [0.5, 0.6) is 0 Å². The fourth-order valence-electron chi connectivity index (χ4n) is 6.81. The van der Waals surface area contributed by atoms with Gasteiger partial charge >= 0.3 is 6.09 Å². The first-order valence-electron chi connectivity index (χ1n) is 15.4. The lowest BCUT2D eigenvalue weighted by atomic mass is 9.86. The minimum absolute atomic E-state index is 0.0330. The third kappa shape index (κ3) is 7.71. The van der Waals surface area contributed by atoms with Crippen molar-refractivity contribution in [1.29, 1.82) is 5.26 Å². The molecule has 43 heavy (non-hydrogen) atoms. The van der Waals surface area contributed by atoms with Gasteiger partial charge in [-0.25, -0.2) is 9.18 Å². The summed E-state index contributed by atoms with van der Waals surface area (Å²) < 4.78 is 24.4. The van der Waals surface area contributed by atoms with Crippen LogP contribution >= 0.6 is 0 Å². The van der Waals surface area contributed by atoms with E-state index in [1.54, 1.807) is 11.0 Å². The second kappa shape index (κ2) is 14.3. The maximum atomic E-state index is 13.8. The molecule has 9 nitrogen and oxygen atoms in total. The number of amides is 2. The lowest BCUT2D eigenvalue weighted by Crippen LogP contribution is -2.64. The number of nitrogens with zero attached hydrogens (tertiary/aromatic N) is 4. The van der Waals surface area contributed by atoms with Crippen molar-refractivity contribution >= 4 is 12.0 Å². The van der Waals surface area contributed by atoms with Crippen LogP contribution in [0.4, 0.5) is 9.18 Å². The van der Waals surface area contributed by atoms with Crippen molar-refractivity contribution in [1.82, 2.24) is 14.7 Å². The quantitative estimate of drug-likeness (QED) is 0.424. The number of nitrogens with two attached hydrogens (primary N) is 1. The number of fused-ring (bicyclic) bond motifs is 1. The molecule has 0 unspecified atom stereocenters. The number of aryl methyl sites for hydroxylation is 1. The smallest absolute Gasteiger partial charge is 0.404 e. The summed E-state index contributed by atoms with van der Waals surface area (Å²) in [5.41, 5.74) is 9.49. The molecule has 2 N–H and O–H groups in total. The molecule has 0 bridgehead atoms. The highest BCUT2D eigenvalue weighted by atomic mass is 19.1. The predicted octanol–water partition coefficient (Wildman–Crippen LogP) is 3.69. The number of rotatable bonds is 11. The Kier molecular flexibility index (Phi) is 10.3. The van der Waals surface area contributed by atoms with Gasteiger partial charge in [-0.1, -0.05) is 12.1 Å². The Hall–Kier alpha value is -3.52. The summed E-state index contributed by atoms with van der Waals surface area (Å²) in [6.07, 6.45) is 4.64. The Morgan fingerprint density at radius 1 is 1.21 bits per heavy atom. The summed E-state index contributed by atoms with van der Waals surface area (Å²) in [4.78, 5) is 31.4. The van der Waals surface area contributed by atoms with Crippen molar-refractivity contribution in [3.05, 3.63) is 70.0 Å². The Balaban J connectivity index is 1.21. The Labute approximate surface area is 253 Å². The molecule has 2 saturated heterocycles. The van der Waals surface area contributed by atoms with Crippen LogP contribution in [0.15, 0.2) is 36.4 Å². The van der Waals surface area contributed by atoms with E-state index in [0.29, 0.717) is 43.3 Å². The van der Waals surface area contributed by atoms with E-state index in [-0.39, 0.29) is 30.3 Å². The summed E-state index contributed by atoms with van der Waals surface area (Å²) in [7, 11) is 1.83. The number of likely N-dealkylation sites (N-methyl/N-ethyl adjacent to an activating group) is 1. The third-order valence-corrected chi connectivity index (χ3v) is 9.18. The van der Waals surface area contributed by atoms with Crippen LogP contribution in [0, 0.1) is 17.1 Å². The maximum Gasteiger partial charge on any atom is 0.404 e. The average Bonchev–Trinajstić information content (AvgIpc) is 2.99. The fraction of sp³-hybridized carbons (Fsp3) is 0.545. The number of primary amides is 1. The van der Waals surface area contributed by atoms with E-state index < -0.39 is 6.09 Å². The molecule has 3 aliphatic rings. The molecule has 10 heteroatoms. The number of halogens is 1. The molecule has 0 radical (unpaired) electrons. The number of benzene rings is 2. The highest BCUT2D eigenvalue weighted by molar-refractivity contribution is 5.96. The van der Waals surface area contributed by atoms with Crippen LogP contribution < -0.4 is 5.73 Å². The molecular weight excluding hydrogens is 549 g/mol. The van der Waals surface area contributed by atoms with E-state index in [1.165, 1.54) is 12.1 Å². The van der Waals surface area contributed by atoms with Gasteiger partial charge in [-0.3, -0.25) is 9.69 Å². The van der Waals surface area contributed by atoms with Gasteiger partial charge in [0.15, 0.2) is 0 Å². The molecule has 0 saturated carbocycles. The van der Waals surface area contributed by atoms with Gasteiger partial charge in [0, 0.05) is 56.8 Å². The monoisotopic (exact) mass is 591 g/mol. The first-order valence-corrected chi connectivity index (χ1v) is 15.4. The normalized spacial score (nSPS) is 20.0. The summed E-state index contributed by atoms with van der Waals surface area (Å²) in [6.45, 7) is 5.67. The summed E-state index contributed by atoms with van der Waals surface area (Å²) in [5.74, 6) is -0.311. The summed E-state index contributed by atoms with van der Waals surface area (Å²) in [6, 6.07) is 13.1. The number of morpholine rings is 1. The molecule has 2 fully saturated rings. The lowest BCUT2D eigenvalue weighted by molar-refractivity contribution is -0.0739. The first-order chi connectivity index (χ1) is 20.8. The number of likely N-dealkylation sites (tertiary alicyclic amines) is 1. The van der Waals surface area contributed by atoms with Gasteiger partial charge < -0.3 is 25.0 Å². The van der Waals surface area contributed by atoms with Gasteiger partial charge in [-0.05, 0) is 86.0 Å².